The Morgan fingerprint density at radius 2 is 2.15 bits per heavy atom. The lowest BCUT2D eigenvalue weighted by atomic mass is 10.1. The first-order chi connectivity index (χ1) is 9.60. The zero-order chi connectivity index (χ0) is 14.5. The van der Waals surface area contributed by atoms with Crippen molar-refractivity contribution < 1.29 is 4.79 Å². The molecule has 1 N–H and O–H groups in total. The second kappa shape index (κ2) is 6.86. The third kappa shape index (κ3) is 3.81. The molecule has 0 unspecified atom stereocenters. The Hall–Kier alpha value is -1.39. The van der Waals surface area contributed by atoms with Crippen LogP contribution in [0.4, 0.5) is 5.69 Å². The molecule has 0 aliphatic rings. The number of thiophene rings is 1. The van der Waals surface area contributed by atoms with Gasteiger partial charge in [0, 0.05) is 16.6 Å². The summed E-state index contributed by atoms with van der Waals surface area (Å²) < 4.78 is 1.06. The van der Waals surface area contributed by atoms with Crippen molar-refractivity contribution in [3.8, 4) is 0 Å². The highest BCUT2D eigenvalue weighted by Gasteiger charge is 2.06. The molecular weight excluding hydrogens is 334 g/mol. The van der Waals surface area contributed by atoms with Crippen LogP contribution < -0.4 is 5.32 Å². The molecule has 0 aliphatic carbocycles. The van der Waals surface area contributed by atoms with E-state index in [4.69, 9.17) is 0 Å². The molecule has 2 aromatic rings. The average Bonchev–Trinajstić information content (AvgIpc) is 2.84. The zero-order valence-electron chi connectivity index (χ0n) is 11.4. The first kappa shape index (κ1) is 15.0. The number of aryl methyl sites for hydroxylation is 2. The van der Waals surface area contributed by atoms with Crippen molar-refractivity contribution in [2.24, 2.45) is 0 Å². The second-order valence-corrected chi connectivity index (χ2v) is 6.92. The van der Waals surface area contributed by atoms with Crippen LogP contribution in [-0.2, 0) is 11.2 Å². The highest BCUT2D eigenvalue weighted by atomic mass is 79.9. The monoisotopic (exact) mass is 349 g/mol. The van der Waals surface area contributed by atoms with Gasteiger partial charge in [0.25, 0.3) is 0 Å². The van der Waals surface area contributed by atoms with Gasteiger partial charge in [-0.2, -0.15) is 0 Å². The molecule has 2 nitrogen and oxygen atoms in total. The molecule has 1 aromatic heterocycles. The highest BCUT2D eigenvalue weighted by molar-refractivity contribution is 9.11. The van der Waals surface area contributed by atoms with E-state index >= 15 is 0 Å². The Labute approximate surface area is 131 Å². The van der Waals surface area contributed by atoms with Gasteiger partial charge in [-0.1, -0.05) is 25.1 Å². The summed E-state index contributed by atoms with van der Waals surface area (Å²) in [6, 6.07) is 10.0. The predicted molar refractivity (Wildman–Crippen MR) is 90.2 cm³/mol. The number of amides is 1. The molecule has 0 fully saturated rings. The van der Waals surface area contributed by atoms with Crippen molar-refractivity contribution in [3.05, 3.63) is 56.2 Å². The molecule has 4 heteroatoms. The minimum atomic E-state index is -0.0986. The first-order valence-corrected chi connectivity index (χ1v) is 8.04. The molecule has 1 aromatic carbocycles. The maximum Gasteiger partial charge on any atom is 0.248 e. The van der Waals surface area contributed by atoms with Gasteiger partial charge in [0.15, 0.2) is 0 Å². The summed E-state index contributed by atoms with van der Waals surface area (Å²) in [6.45, 7) is 4.10. The van der Waals surface area contributed by atoms with Crippen molar-refractivity contribution in [2.75, 3.05) is 5.32 Å². The van der Waals surface area contributed by atoms with Crippen molar-refractivity contribution in [1.29, 1.82) is 0 Å². The number of benzene rings is 1. The number of halogens is 1. The third-order valence-corrected chi connectivity index (χ3v) is 4.57. The van der Waals surface area contributed by atoms with Crippen LogP contribution in [0.1, 0.15) is 22.9 Å². The van der Waals surface area contributed by atoms with Crippen LogP contribution in [0.3, 0.4) is 0 Å². The zero-order valence-corrected chi connectivity index (χ0v) is 13.8. The Morgan fingerprint density at radius 3 is 2.80 bits per heavy atom. The van der Waals surface area contributed by atoms with E-state index in [0.29, 0.717) is 0 Å². The number of para-hydroxylation sites is 1. The maximum atomic E-state index is 12.0. The van der Waals surface area contributed by atoms with E-state index in [1.807, 2.05) is 43.3 Å². The van der Waals surface area contributed by atoms with Gasteiger partial charge in [0.1, 0.15) is 0 Å². The highest BCUT2D eigenvalue weighted by Crippen LogP contribution is 2.24. The lowest BCUT2D eigenvalue weighted by molar-refractivity contribution is -0.111. The van der Waals surface area contributed by atoms with E-state index in [1.165, 1.54) is 0 Å². The van der Waals surface area contributed by atoms with Crippen molar-refractivity contribution in [1.82, 2.24) is 0 Å². The van der Waals surface area contributed by atoms with Gasteiger partial charge in [0.05, 0.1) is 3.79 Å². The van der Waals surface area contributed by atoms with Crippen molar-refractivity contribution >= 4 is 44.9 Å². The normalized spacial score (nSPS) is 10.9. The van der Waals surface area contributed by atoms with Gasteiger partial charge < -0.3 is 5.32 Å². The largest absolute Gasteiger partial charge is 0.322 e. The number of hydrogen-bond donors (Lipinski definition) is 1. The van der Waals surface area contributed by atoms with Crippen LogP contribution in [-0.4, -0.2) is 5.91 Å². The quantitative estimate of drug-likeness (QED) is 0.770. The summed E-state index contributed by atoms with van der Waals surface area (Å²) in [7, 11) is 0. The van der Waals surface area contributed by atoms with Gasteiger partial charge in [-0.3, -0.25) is 4.79 Å². The van der Waals surface area contributed by atoms with Crippen LogP contribution in [0.25, 0.3) is 6.08 Å². The molecular formula is C16H16BrNOS. The lowest BCUT2D eigenvalue weighted by Gasteiger charge is -2.11. The predicted octanol–water partition coefficient (Wildman–Crippen LogP) is 5.03. The van der Waals surface area contributed by atoms with Crippen LogP contribution in [0.5, 0.6) is 0 Å². The molecule has 2 rings (SSSR count). The molecule has 0 aliphatic heterocycles. The van der Waals surface area contributed by atoms with Crippen molar-refractivity contribution in [3.63, 3.8) is 0 Å². The molecule has 0 spiro atoms. The van der Waals surface area contributed by atoms with E-state index in [2.05, 4.69) is 28.2 Å². The van der Waals surface area contributed by atoms with Gasteiger partial charge in [-0.25, -0.2) is 0 Å². The van der Waals surface area contributed by atoms with Gasteiger partial charge >= 0.3 is 0 Å². The molecule has 1 amide bonds. The average molecular weight is 350 g/mol. The minimum absolute atomic E-state index is 0.0986. The number of rotatable bonds is 4. The first-order valence-electron chi connectivity index (χ1n) is 6.43. The van der Waals surface area contributed by atoms with E-state index in [9.17, 15) is 4.79 Å². The van der Waals surface area contributed by atoms with Crippen LogP contribution in [0, 0.1) is 6.92 Å². The number of carbonyl (C=O) groups excluding carboxylic acids is 1. The van der Waals surface area contributed by atoms with E-state index < -0.39 is 0 Å². The van der Waals surface area contributed by atoms with Crippen LogP contribution >= 0.6 is 27.3 Å². The molecule has 0 radical (unpaired) electrons. The lowest BCUT2D eigenvalue weighted by Crippen LogP contribution is -2.10. The fourth-order valence-corrected chi connectivity index (χ4v) is 3.27. The molecule has 104 valence electrons. The van der Waals surface area contributed by atoms with Gasteiger partial charge in [-0.05, 0) is 58.6 Å². The van der Waals surface area contributed by atoms with E-state index in [1.54, 1.807) is 17.4 Å². The molecule has 0 bridgehead atoms. The molecule has 20 heavy (non-hydrogen) atoms. The van der Waals surface area contributed by atoms with Crippen LogP contribution in [0.2, 0.25) is 0 Å². The third-order valence-electron chi connectivity index (χ3n) is 2.98. The standard InChI is InChI=1S/C16H16BrNOS/c1-3-12-6-4-5-11(2)16(12)18-15(19)10-8-13-7-9-14(17)20-13/h4-10H,3H2,1-2H3,(H,18,19). The summed E-state index contributed by atoms with van der Waals surface area (Å²) >= 11 is 5.00. The summed E-state index contributed by atoms with van der Waals surface area (Å²) in [5.74, 6) is -0.0986. The second-order valence-electron chi connectivity index (χ2n) is 4.43. The van der Waals surface area contributed by atoms with Gasteiger partial charge in [-0.15, -0.1) is 11.3 Å². The Kier molecular flexibility index (Phi) is 5.15. The fourth-order valence-electron chi connectivity index (χ4n) is 1.94. The van der Waals surface area contributed by atoms with E-state index in [0.717, 1.165) is 31.9 Å². The summed E-state index contributed by atoms with van der Waals surface area (Å²) in [6.07, 6.45) is 4.30. The smallest absolute Gasteiger partial charge is 0.248 e. The fraction of sp³-hybridized carbons (Fsp3) is 0.188. The summed E-state index contributed by atoms with van der Waals surface area (Å²) in [5.41, 5.74) is 3.17. The van der Waals surface area contributed by atoms with E-state index in [-0.39, 0.29) is 5.91 Å². The number of hydrogen-bond acceptors (Lipinski definition) is 2. The SMILES string of the molecule is CCc1cccc(C)c1NC(=O)C=Cc1ccc(Br)s1. The summed E-state index contributed by atoms with van der Waals surface area (Å²) in [4.78, 5) is 13.1. The Morgan fingerprint density at radius 1 is 1.35 bits per heavy atom. The molecule has 0 saturated carbocycles. The van der Waals surface area contributed by atoms with Gasteiger partial charge in [0.2, 0.25) is 5.91 Å². The minimum Gasteiger partial charge on any atom is -0.322 e. The molecule has 0 atom stereocenters. The summed E-state index contributed by atoms with van der Waals surface area (Å²) in [5, 5.41) is 2.97. The Bertz CT molecular complexity index is 646. The maximum absolute atomic E-state index is 12.0. The number of anilines is 1. The number of carbonyl (C=O) groups is 1. The number of nitrogens with one attached hydrogen (secondary N) is 1. The van der Waals surface area contributed by atoms with Crippen LogP contribution in [0.15, 0.2) is 40.2 Å². The Balaban J connectivity index is 2.10. The topological polar surface area (TPSA) is 29.1 Å². The molecule has 1 heterocycles. The molecule has 0 saturated heterocycles. The van der Waals surface area contributed by atoms with Crippen molar-refractivity contribution in [2.45, 2.75) is 20.3 Å².